The quantitative estimate of drug-likeness (QED) is 0.180. The SMILES string of the molecule is c1ccc(-c2nc(-c3ccc(-c4cccc(-n5c6ccccc6c6ccc7ccccc7c65)c4)cc3)nc(-c3cccc4oc5ccccc5c34)n2)cc1. The third-order valence-electron chi connectivity index (χ3n) is 10.5. The molecule has 252 valence electrons. The summed E-state index contributed by atoms with van der Waals surface area (Å²) in [5.74, 6) is 1.84. The van der Waals surface area contributed by atoms with Crippen molar-refractivity contribution in [3.05, 3.63) is 182 Å². The van der Waals surface area contributed by atoms with Crippen LogP contribution in [-0.4, -0.2) is 19.5 Å². The summed E-state index contributed by atoms with van der Waals surface area (Å²) in [7, 11) is 0. The van der Waals surface area contributed by atoms with Crippen LogP contribution < -0.4 is 0 Å². The predicted molar refractivity (Wildman–Crippen MR) is 221 cm³/mol. The normalized spacial score (nSPS) is 11.7. The lowest BCUT2D eigenvalue weighted by atomic mass is 10.0. The van der Waals surface area contributed by atoms with Crippen LogP contribution in [0.2, 0.25) is 0 Å². The number of furan rings is 1. The van der Waals surface area contributed by atoms with Gasteiger partial charge in [-0.15, -0.1) is 0 Å². The standard InChI is InChI=1S/C49H30N4O/c1-2-13-33(14-3-1)47-50-48(52-49(51-47)41-20-11-23-44-45(41)40-19-7-9-22-43(40)54-44)34-26-24-31(25-27-34)35-15-10-16-36(30-35)53-42-21-8-6-18-38(42)39-29-28-32-12-4-5-17-37(32)46(39)53/h1-30H. The lowest BCUT2D eigenvalue weighted by molar-refractivity contribution is 0.669. The van der Waals surface area contributed by atoms with E-state index in [-0.39, 0.29) is 0 Å². The number of benzene rings is 8. The van der Waals surface area contributed by atoms with E-state index >= 15 is 0 Å². The minimum absolute atomic E-state index is 0.603. The molecule has 8 aromatic carbocycles. The molecule has 0 amide bonds. The van der Waals surface area contributed by atoms with Crippen molar-refractivity contribution < 1.29 is 4.42 Å². The molecule has 3 aromatic heterocycles. The Balaban J connectivity index is 1.03. The molecule has 0 saturated carbocycles. The number of rotatable bonds is 5. The number of hydrogen-bond donors (Lipinski definition) is 0. The molecule has 0 bridgehead atoms. The van der Waals surface area contributed by atoms with E-state index in [0.29, 0.717) is 17.5 Å². The first kappa shape index (κ1) is 30.3. The van der Waals surface area contributed by atoms with Crippen molar-refractivity contribution in [2.75, 3.05) is 0 Å². The van der Waals surface area contributed by atoms with E-state index in [2.05, 4.69) is 126 Å². The predicted octanol–water partition coefficient (Wildman–Crippen LogP) is 12.7. The van der Waals surface area contributed by atoms with Crippen LogP contribution in [0.5, 0.6) is 0 Å². The summed E-state index contributed by atoms with van der Waals surface area (Å²) in [6.07, 6.45) is 0. The molecular weight excluding hydrogens is 661 g/mol. The maximum Gasteiger partial charge on any atom is 0.164 e. The lowest BCUT2D eigenvalue weighted by Crippen LogP contribution is -2.00. The van der Waals surface area contributed by atoms with E-state index in [1.807, 2.05) is 60.7 Å². The zero-order chi connectivity index (χ0) is 35.6. The number of fused-ring (bicyclic) bond motifs is 8. The third-order valence-corrected chi connectivity index (χ3v) is 10.5. The molecule has 5 nitrogen and oxygen atoms in total. The molecular formula is C49H30N4O. The summed E-state index contributed by atoms with van der Waals surface area (Å²) < 4.78 is 8.63. The van der Waals surface area contributed by atoms with Gasteiger partial charge >= 0.3 is 0 Å². The van der Waals surface area contributed by atoms with Gasteiger partial charge < -0.3 is 8.98 Å². The van der Waals surface area contributed by atoms with Crippen LogP contribution in [0, 0.1) is 0 Å². The Morgan fingerprint density at radius 3 is 1.87 bits per heavy atom. The molecule has 0 unspecified atom stereocenters. The molecule has 0 aliphatic carbocycles. The van der Waals surface area contributed by atoms with Gasteiger partial charge in [-0.3, -0.25) is 0 Å². The van der Waals surface area contributed by atoms with E-state index < -0.39 is 0 Å². The minimum atomic E-state index is 0.603. The van der Waals surface area contributed by atoms with Crippen molar-refractivity contribution in [1.82, 2.24) is 19.5 Å². The summed E-state index contributed by atoms with van der Waals surface area (Å²) in [4.78, 5) is 15.1. The molecule has 0 N–H and O–H groups in total. The number of aromatic nitrogens is 4. The van der Waals surface area contributed by atoms with Crippen LogP contribution in [0.3, 0.4) is 0 Å². The van der Waals surface area contributed by atoms with Gasteiger partial charge in [-0.25, -0.2) is 15.0 Å². The molecule has 3 heterocycles. The Kier molecular flexibility index (Phi) is 6.79. The molecule has 0 fully saturated rings. The van der Waals surface area contributed by atoms with Gasteiger partial charge in [0.2, 0.25) is 0 Å². The van der Waals surface area contributed by atoms with Gasteiger partial charge in [-0.2, -0.15) is 0 Å². The zero-order valence-electron chi connectivity index (χ0n) is 29.0. The van der Waals surface area contributed by atoms with Gasteiger partial charge in [0.05, 0.1) is 11.0 Å². The lowest BCUT2D eigenvalue weighted by Gasteiger charge is -2.12. The number of hydrogen-bond acceptors (Lipinski definition) is 4. The van der Waals surface area contributed by atoms with E-state index in [4.69, 9.17) is 19.4 Å². The molecule has 0 radical (unpaired) electrons. The average molecular weight is 691 g/mol. The number of nitrogens with zero attached hydrogens (tertiary/aromatic N) is 4. The third kappa shape index (κ3) is 4.83. The molecule has 0 atom stereocenters. The highest BCUT2D eigenvalue weighted by molar-refractivity contribution is 6.18. The van der Waals surface area contributed by atoms with Crippen LogP contribution in [-0.2, 0) is 0 Å². The first-order valence-corrected chi connectivity index (χ1v) is 18.1. The van der Waals surface area contributed by atoms with E-state index in [1.54, 1.807) is 0 Å². The maximum atomic E-state index is 6.22. The minimum Gasteiger partial charge on any atom is -0.456 e. The van der Waals surface area contributed by atoms with Gasteiger partial charge in [-0.1, -0.05) is 152 Å². The maximum absolute atomic E-state index is 6.22. The Morgan fingerprint density at radius 2 is 1.02 bits per heavy atom. The molecule has 54 heavy (non-hydrogen) atoms. The molecule has 0 spiro atoms. The molecule has 0 saturated heterocycles. The Hall–Kier alpha value is -7.37. The number of para-hydroxylation sites is 2. The van der Waals surface area contributed by atoms with Crippen molar-refractivity contribution in [3.8, 4) is 51.0 Å². The highest BCUT2D eigenvalue weighted by Gasteiger charge is 2.19. The fourth-order valence-corrected chi connectivity index (χ4v) is 7.94. The molecule has 11 rings (SSSR count). The largest absolute Gasteiger partial charge is 0.456 e. The zero-order valence-corrected chi connectivity index (χ0v) is 29.0. The van der Waals surface area contributed by atoms with Crippen LogP contribution in [0.1, 0.15) is 0 Å². The average Bonchev–Trinajstić information content (AvgIpc) is 3.80. The molecule has 0 aliphatic heterocycles. The second-order valence-electron chi connectivity index (χ2n) is 13.6. The van der Waals surface area contributed by atoms with Crippen LogP contribution in [0.25, 0.3) is 105 Å². The molecule has 0 aliphatic rings. The fourth-order valence-electron chi connectivity index (χ4n) is 7.94. The van der Waals surface area contributed by atoms with Crippen molar-refractivity contribution in [2.45, 2.75) is 0 Å². The van der Waals surface area contributed by atoms with Crippen molar-refractivity contribution >= 4 is 54.5 Å². The summed E-state index contributed by atoms with van der Waals surface area (Å²) in [5.41, 5.74) is 10.2. The van der Waals surface area contributed by atoms with Crippen molar-refractivity contribution in [3.63, 3.8) is 0 Å². The first-order valence-electron chi connectivity index (χ1n) is 18.1. The summed E-state index contributed by atoms with van der Waals surface area (Å²) in [6.45, 7) is 0. The summed E-state index contributed by atoms with van der Waals surface area (Å²) in [5, 5.41) is 7.00. The van der Waals surface area contributed by atoms with Gasteiger partial charge in [-0.05, 0) is 46.8 Å². The summed E-state index contributed by atoms with van der Waals surface area (Å²) in [6, 6.07) is 63.4. The second-order valence-corrected chi connectivity index (χ2v) is 13.6. The second kappa shape index (κ2) is 12.1. The van der Waals surface area contributed by atoms with E-state index in [1.165, 1.54) is 32.6 Å². The Bertz CT molecular complexity index is 3210. The van der Waals surface area contributed by atoms with Crippen LogP contribution in [0.15, 0.2) is 186 Å². The summed E-state index contributed by atoms with van der Waals surface area (Å²) >= 11 is 0. The van der Waals surface area contributed by atoms with Gasteiger partial charge in [0.1, 0.15) is 11.2 Å². The Labute approximate surface area is 310 Å². The first-order chi connectivity index (χ1) is 26.8. The topological polar surface area (TPSA) is 56.7 Å². The van der Waals surface area contributed by atoms with E-state index in [0.717, 1.165) is 55.4 Å². The van der Waals surface area contributed by atoms with Gasteiger partial charge in [0, 0.05) is 49.3 Å². The van der Waals surface area contributed by atoms with Gasteiger partial charge in [0.25, 0.3) is 0 Å². The van der Waals surface area contributed by atoms with Crippen molar-refractivity contribution in [2.24, 2.45) is 0 Å². The van der Waals surface area contributed by atoms with Crippen molar-refractivity contribution in [1.29, 1.82) is 0 Å². The van der Waals surface area contributed by atoms with Gasteiger partial charge in [0.15, 0.2) is 17.5 Å². The highest BCUT2D eigenvalue weighted by Crippen LogP contribution is 2.39. The van der Waals surface area contributed by atoms with E-state index in [9.17, 15) is 0 Å². The smallest absolute Gasteiger partial charge is 0.164 e. The van der Waals surface area contributed by atoms with Crippen LogP contribution >= 0.6 is 0 Å². The van der Waals surface area contributed by atoms with Crippen LogP contribution in [0.4, 0.5) is 0 Å². The monoisotopic (exact) mass is 690 g/mol. The Morgan fingerprint density at radius 1 is 0.389 bits per heavy atom. The molecule has 11 aromatic rings. The fraction of sp³-hybridized carbons (Fsp3) is 0. The highest BCUT2D eigenvalue weighted by atomic mass is 16.3. The molecule has 5 heteroatoms.